The quantitative estimate of drug-likeness (QED) is 0.637. The molecule has 2 rings (SSSR count). The van der Waals surface area contributed by atoms with Crippen LogP contribution in [-0.2, 0) is 6.42 Å². The van der Waals surface area contributed by atoms with Crippen molar-refractivity contribution >= 4 is 17.3 Å². The summed E-state index contributed by atoms with van der Waals surface area (Å²) in [5, 5.41) is 20.7. The lowest BCUT2D eigenvalue weighted by Gasteiger charge is -2.08. The number of aliphatic hydroxyl groups is 1. The SMILES string of the molecule is O=[N+]([O-])c1ccc(Cl)c(CC2(O)CC2)c1. The number of halogens is 1. The van der Waals surface area contributed by atoms with Gasteiger partial charge in [-0.2, -0.15) is 0 Å². The fraction of sp³-hybridized carbons (Fsp3) is 0.400. The summed E-state index contributed by atoms with van der Waals surface area (Å²) in [6.07, 6.45) is 1.88. The molecule has 1 aromatic carbocycles. The Morgan fingerprint density at radius 1 is 1.53 bits per heavy atom. The summed E-state index contributed by atoms with van der Waals surface area (Å²) < 4.78 is 0. The lowest BCUT2D eigenvalue weighted by molar-refractivity contribution is -0.384. The van der Waals surface area contributed by atoms with Crippen LogP contribution in [0.1, 0.15) is 18.4 Å². The highest BCUT2D eigenvalue weighted by Gasteiger charge is 2.40. The molecule has 0 heterocycles. The van der Waals surface area contributed by atoms with Crippen molar-refractivity contribution in [3.05, 3.63) is 38.9 Å². The molecule has 0 atom stereocenters. The van der Waals surface area contributed by atoms with E-state index in [0.29, 0.717) is 17.0 Å². The molecule has 5 heteroatoms. The fourth-order valence-electron chi connectivity index (χ4n) is 1.49. The molecule has 0 aromatic heterocycles. The van der Waals surface area contributed by atoms with Crippen molar-refractivity contribution in [2.75, 3.05) is 0 Å². The van der Waals surface area contributed by atoms with Gasteiger partial charge in [-0.05, 0) is 24.5 Å². The normalized spacial score (nSPS) is 17.5. The van der Waals surface area contributed by atoms with E-state index in [-0.39, 0.29) is 5.69 Å². The van der Waals surface area contributed by atoms with Crippen LogP contribution < -0.4 is 0 Å². The first kappa shape index (κ1) is 10.4. The zero-order valence-corrected chi connectivity index (χ0v) is 8.70. The Kier molecular flexibility index (Phi) is 2.40. The van der Waals surface area contributed by atoms with Crippen LogP contribution in [0, 0.1) is 10.1 Å². The third-order valence-corrected chi connectivity index (χ3v) is 2.96. The minimum absolute atomic E-state index is 0.0126. The van der Waals surface area contributed by atoms with Crippen LogP contribution in [0.4, 0.5) is 5.69 Å². The molecule has 0 radical (unpaired) electrons. The molecule has 0 amide bonds. The van der Waals surface area contributed by atoms with Crippen molar-refractivity contribution in [3.63, 3.8) is 0 Å². The number of non-ortho nitro benzene ring substituents is 1. The Bertz CT molecular complexity index is 415. The van der Waals surface area contributed by atoms with Crippen molar-refractivity contribution < 1.29 is 10.0 Å². The minimum Gasteiger partial charge on any atom is -0.390 e. The van der Waals surface area contributed by atoms with Gasteiger partial charge in [-0.1, -0.05) is 11.6 Å². The van der Waals surface area contributed by atoms with Crippen LogP contribution in [-0.4, -0.2) is 15.6 Å². The van der Waals surface area contributed by atoms with Gasteiger partial charge in [0.15, 0.2) is 0 Å². The zero-order chi connectivity index (χ0) is 11.1. The molecule has 1 fully saturated rings. The zero-order valence-electron chi connectivity index (χ0n) is 7.94. The molecule has 80 valence electrons. The number of nitrogens with zero attached hydrogens (tertiary/aromatic N) is 1. The molecule has 0 bridgehead atoms. The average molecular weight is 228 g/mol. The molecule has 1 aromatic rings. The van der Waals surface area contributed by atoms with Crippen LogP contribution in [0.25, 0.3) is 0 Å². The number of hydrogen-bond acceptors (Lipinski definition) is 3. The standard InChI is InChI=1S/C10H10ClNO3/c11-9-2-1-8(12(14)15)5-7(9)6-10(13)3-4-10/h1-2,5,13H,3-4,6H2. The van der Waals surface area contributed by atoms with Gasteiger partial charge in [-0.3, -0.25) is 10.1 Å². The largest absolute Gasteiger partial charge is 0.390 e. The van der Waals surface area contributed by atoms with E-state index in [0.717, 1.165) is 12.8 Å². The van der Waals surface area contributed by atoms with E-state index in [1.165, 1.54) is 18.2 Å². The molecule has 0 unspecified atom stereocenters. The molecule has 1 saturated carbocycles. The van der Waals surface area contributed by atoms with Crippen LogP contribution in [0.2, 0.25) is 5.02 Å². The van der Waals surface area contributed by atoms with Gasteiger partial charge in [0.05, 0.1) is 10.5 Å². The van der Waals surface area contributed by atoms with E-state index >= 15 is 0 Å². The maximum atomic E-state index is 10.5. The molecule has 0 saturated heterocycles. The van der Waals surface area contributed by atoms with Crippen molar-refractivity contribution in [1.82, 2.24) is 0 Å². The summed E-state index contributed by atoms with van der Waals surface area (Å²) >= 11 is 5.90. The van der Waals surface area contributed by atoms with E-state index in [2.05, 4.69) is 0 Å². The number of nitro benzene ring substituents is 1. The van der Waals surface area contributed by atoms with Gasteiger partial charge in [-0.25, -0.2) is 0 Å². The summed E-state index contributed by atoms with van der Waals surface area (Å²) in [6, 6.07) is 4.29. The van der Waals surface area contributed by atoms with E-state index < -0.39 is 10.5 Å². The molecule has 0 spiro atoms. The summed E-state index contributed by atoms with van der Waals surface area (Å²) in [5.74, 6) is 0. The third kappa shape index (κ3) is 2.27. The van der Waals surface area contributed by atoms with Gasteiger partial charge in [-0.15, -0.1) is 0 Å². The second kappa shape index (κ2) is 3.47. The van der Waals surface area contributed by atoms with Crippen LogP contribution in [0.15, 0.2) is 18.2 Å². The number of nitro groups is 1. The summed E-state index contributed by atoms with van der Waals surface area (Å²) in [7, 11) is 0. The molecular formula is C10H10ClNO3. The van der Waals surface area contributed by atoms with Crippen molar-refractivity contribution in [2.24, 2.45) is 0 Å². The molecule has 15 heavy (non-hydrogen) atoms. The molecular weight excluding hydrogens is 218 g/mol. The second-order valence-electron chi connectivity index (χ2n) is 3.93. The Morgan fingerprint density at radius 2 is 2.20 bits per heavy atom. The van der Waals surface area contributed by atoms with Gasteiger partial charge in [0, 0.05) is 23.6 Å². The maximum absolute atomic E-state index is 10.5. The van der Waals surface area contributed by atoms with E-state index in [1.807, 2.05) is 0 Å². The first-order chi connectivity index (χ1) is 7.00. The summed E-state index contributed by atoms with van der Waals surface area (Å²) in [6.45, 7) is 0. The predicted octanol–water partition coefficient (Wildman–Crippen LogP) is 2.32. The highest BCUT2D eigenvalue weighted by Crippen LogP contribution is 2.40. The first-order valence-electron chi connectivity index (χ1n) is 4.65. The topological polar surface area (TPSA) is 63.4 Å². The predicted molar refractivity (Wildman–Crippen MR) is 56.0 cm³/mol. The Labute approximate surface area is 91.6 Å². The fourth-order valence-corrected chi connectivity index (χ4v) is 1.67. The molecule has 1 aliphatic carbocycles. The lowest BCUT2D eigenvalue weighted by atomic mass is 10.1. The first-order valence-corrected chi connectivity index (χ1v) is 5.03. The minimum atomic E-state index is -0.682. The van der Waals surface area contributed by atoms with Crippen LogP contribution in [0.3, 0.4) is 0 Å². The summed E-state index contributed by atoms with van der Waals surface area (Å²) in [4.78, 5) is 10.1. The molecule has 1 aliphatic rings. The number of rotatable bonds is 3. The van der Waals surface area contributed by atoms with Gasteiger partial charge < -0.3 is 5.11 Å². The maximum Gasteiger partial charge on any atom is 0.269 e. The van der Waals surface area contributed by atoms with Crippen molar-refractivity contribution in [2.45, 2.75) is 24.9 Å². The van der Waals surface area contributed by atoms with E-state index in [9.17, 15) is 15.2 Å². The van der Waals surface area contributed by atoms with Crippen LogP contribution >= 0.6 is 11.6 Å². The second-order valence-corrected chi connectivity index (χ2v) is 4.34. The smallest absolute Gasteiger partial charge is 0.269 e. The van der Waals surface area contributed by atoms with E-state index in [1.54, 1.807) is 0 Å². The monoisotopic (exact) mass is 227 g/mol. The summed E-state index contributed by atoms with van der Waals surface area (Å²) in [5.41, 5.74) is -0.0247. The Balaban J connectivity index is 2.28. The van der Waals surface area contributed by atoms with Crippen LogP contribution in [0.5, 0.6) is 0 Å². The Hall–Kier alpha value is -1.13. The Morgan fingerprint density at radius 3 is 2.73 bits per heavy atom. The van der Waals surface area contributed by atoms with Gasteiger partial charge in [0.2, 0.25) is 0 Å². The average Bonchev–Trinajstić information content (AvgIpc) is 2.87. The van der Waals surface area contributed by atoms with Gasteiger partial charge in [0.1, 0.15) is 0 Å². The highest BCUT2D eigenvalue weighted by atomic mass is 35.5. The highest BCUT2D eigenvalue weighted by molar-refractivity contribution is 6.31. The molecule has 0 aliphatic heterocycles. The lowest BCUT2D eigenvalue weighted by Crippen LogP contribution is -2.11. The van der Waals surface area contributed by atoms with Gasteiger partial charge in [0.25, 0.3) is 5.69 Å². The molecule has 1 N–H and O–H groups in total. The third-order valence-electron chi connectivity index (χ3n) is 2.59. The number of hydrogen-bond donors (Lipinski definition) is 1. The van der Waals surface area contributed by atoms with Crippen molar-refractivity contribution in [1.29, 1.82) is 0 Å². The van der Waals surface area contributed by atoms with Gasteiger partial charge >= 0.3 is 0 Å². The molecule has 4 nitrogen and oxygen atoms in total. The van der Waals surface area contributed by atoms with Crippen molar-refractivity contribution in [3.8, 4) is 0 Å². The number of benzene rings is 1. The van der Waals surface area contributed by atoms with E-state index in [4.69, 9.17) is 11.6 Å².